The van der Waals surface area contributed by atoms with Crippen LogP contribution in [0.5, 0.6) is 0 Å². The smallest absolute Gasteiger partial charge is 0.356 e. The van der Waals surface area contributed by atoms with Gasteiger partial charge in [-0.15, -0.1) is 23.1 Å². The van der Waals surface area contributed by atoms with E-state index < -0.39 is 58.5 Å². The van der Waals surface area contributed by atoms with Crippen molar-refractivity contribution in [3.8, 4) is 0 Å². The summed E-state index contributed by atoms with van der Waals surface area (Å²) in [5, 5.41) is 12.9. The molecule has 0 bridgehead atoms. The molecule has 2 N–H and O–H groups in total. The highest BCUT2D eigenvalue weighted by molar-refractivity contribution is 14.1. The number of hydrogen-bond acceptors (Lipinski definition) is 12. The molecular weight excluding hydrogens is 1140 g/mol. The molecule has 396 valence electrons. The number of hydrogen-bond donors (Lipinski definition) is 2. The highest BCUT2D eigenvalue weighted by Gasteiger charge is 2.55. The van der Waals surface area contributed by atoms with Crippen LogP contribution in [0.2, 0.25) is 0 Å². The average molecular weight is 1200 g/mol. The van der Waals surface area contributed by atoms with Crippen molar-refractivity contribution >= 4 is 80.3 Å². The van der Waals surface area contributed by atoms with Crippen molar-refractivity contribution in [2.75, 3.05) is 15.5 Å². The number of rotatable bonds is 19. The fourth-order valence-electron chi connectivity index (χ4n) is 10.5. The van der Waals surface area contributed by atoms with Gasteiger partial charge in [-0.25, -0.2) is 14.6 Å². The number of carbonyl (C=O) groups excluding carboxylic acids is 4. The molecule has 1 aromatic heterocycles. The lowest BCUT2D eigenvalue weighted by Crippen LogP contribution is -2.71. The van der Waals surface area contributed by atoms with Gasteiger partial charge >= 0.3 is 11.9 Å². The van der Waals surface area contributed by atoms with Gasteiger partial charge in [-0.3, -0.25) is 14.5 Å². The number of oxime groups is 1. The summed E-state index contributed by atoms with van der Waals surface area (Å²) in [5.74, 6) is -2.08. The standard InChI is InChI=1S/C64H54IN5O7S2/c65-40-47-41-78-59-53(58(72)70(59)54(47)60(73)75-55(43-24-8-1-9-25-43)44-26-10-2-11-27-44)67-57(71)52(69-77-63(38-22-23-39-63)61(74)76-56(45-28-12-3-13-29-45)46-30-14-4-15-31-46)51-42-79-62(66-51)68-64(48-32-16-5-17-33-48,49-34-18-6-19-35-49)50-36-20-7-21-37-50/h1-21,24-37,42,53,55-56,59H,22-23,38-41H2,(H,66,68)(H,67,71)/b69-52-. The minimum atomic E-state index is -1.55. The number of aromatic nitrogens is 1. The Hall–Kier alpha value is -7.86. The lowest BCUT2D eigenvalue weighted by Gasteiger charge is -2.49. The Morgan fingerprint density at radius 1 is 0.658 bits per heavy atom. The van der Waals surface area contributed by atoms with E-state index in [1.54, 1.807) is 5.38 Å². The van der Waals surface area contributed by atoms with Crippen molar-refractivity contribution in [1.29, 1.82) is 0 Å². The Morgan fingerprint density at radius 3 is 1.56 bits per heavy atom. The molecule has 2 fully saturated rings. The van der Waals surface area contributed by atoms with Gasteiger partial charge < -0.3 is 24.9 Å². The SMILES string of the molecule is O=C(OC(c1ccccc1)c1ccccc1)C1=C(CI)CSC2C(NC(=O)/C(=N\OC3(C(=O)OC(c4ccccc4)c4ccccc4)CCCC3)c3csc(NC(c4ccccc4)(c4ccccc4)c4ccccc4)n3)C(=O)N12. The van der Waals surface area contributed by atoms with Gasteiger partial charge in [0.2, 0.25) is 5.60 Å². The molecule has 2 atom stereocenters. The highest BCUT2D eigenvalue weighted by Crippen LogP contribution is 2.44. The lowest BCUT2D eigenvalue weighted by atomic mass is 9.77. The van der Waals surface area contributed by atoms with Gasteiger partial charge in [0.1, 0.15) is 28.3 Å². The summed E-state index contributed by atoms with van der Waals surface area (Å²) in [5.41, 5.74) is 4.26. The molecule has 2 unspecified atom stereocenters. The number of nitrogens with zero attached hydrogens (tertiary/aromatic N) is 3. The topological polar surface area (TPSA) is 149 Å². The lowest BCUT2D eigenvalue weighted by molar-refractivity contribution is -0.176. The molecule has 2 amide bonds. The van der Waals surface area contributed by atoms with Gasteiger partial charge in [0, 0.05) is 28.4 Å². The van der Waals surface area contributed by atoms with Crippen LogP contribution in [0.4, 0.5) is 5.13 Å². The zero-order valence-electron chi connectivity index (χ0n) is 42.7. The molecule has 12 nitrogen and oxygen atoms in total. The monoisotopic (exact) mass is 1200 g/mol. The Labute approximate surface area is 480 Å². The first-order valence-corrected chi connectivity index (χ1v) is 29.5. The van der Waals surface area contributed by atoms with Crippen LogP contribution < -0.4 is 10.6 Å². The van der Waals surface area contributed by atoms with Crippen LogP contribution >= 0.6 is 45.7 Å². The molecule has 11 rings (SSSR count). The normalized spacial score (nSPS) is 16.9. The van der Waals surface area contributed by atoms with Gasteiger partial charge in [0.05, 0.1) is 0 Å². The first-order chi connectivity index (χ1) is 38.8. The first-order valence-electron chi connectivity index (χ1n) is 26.1. The second-order valence-electron chi connectivity index (χ2n) is 19.4. The fraction of sp³-hybridized carbons (Fsp3) is 0.188. The minimum Gasteiger partial charge on any atom is -0.450 e. The van der Waals surface area contributed by atoms with E-state index in [0.29, 0.717) is 28.2 Å². The zero-order chi connectivity index (χ0) is 54.2. The van der Waals surface area contributed by atoms with Crippen LogP contribution in [-0.2, 0) is 39.0 Å². The number of benzene rings is 7. The molecule has 15 heteroatoms. The molecule has 0 radical (unpaired) electrons. The van der Waals surface area contributed by atoms with Gasteiger partial charge in [0.25, 0.3) is 11.8 Å². The van der Waals surface area contributed by atoms with E-state index in [0.717, 1.165) is 44.5 Å². The number of fused-ring (bicyclic) bond motifs is 1. The van der Waals surface area contributed by atoms with E-state index in [-0.39, 0.29) is 29.9 Å². The van der Waals surface area contributed by atoms with E-state index in [9.17, 15) is 14.4 Å². The van der Waals surface area contributed by atoms with Crippen molar-refractivity contribution in [3.05, 3.63) is 274 Å². The van der Waals surface area contributed by atoms with E-state index >= 15 is 4.79 Å². The number of halogens is 1. The second kappa shape index (κ2) is 24.0. The third kappa shape index (κ3) is 11.0. The number of nitrogens with one attached hydrogen (secondary N) is 2. The predicted molar refractivity (Wildman–Crippen MR) is 316 cm³/mol. The van der Waals surface area contributed by atoms with E-state index in [2.05, 4.69) is 74.8 Å². The van der Waals surface area contributed by atoms with Crippen molar-refractivity contribution < 1.29 is 33.5 Å². The van der Waals surface area contributed by atoms with Crippen molar-refractivity contribution in [1.82, 2.24) is 15.2 Å². The number of ether oxygens (including phenoxy) is 2. The van der Waals surface area contributed by atoms with Crippen molar-refractivity contribution in [2.24, 2.45) is 5.16 Å². The largest absolute Gasteiger partial charge is 0.450 e. The Balaban J connectivity index is 0.929. The molecule has 1 saturated carbocycles. The van der Waals surface area contributed by atoms with Crippen LogP contribution in [0.25, 0.3) is 0 Å². The van der Waals surface area contributed by atoms with E-state index in [1.807, 2.05) is 176 Å². The minimum absolute atomic E-state index is 0.144. The maximum atomic E-state index is 15.2. The Morgan fingerprint density at radius 2 is 1.10 bits per heavy atom. The average Bonchev–Trinajstić information content (AvgIpc) is 4.34. The number of esters is 2. The van der Waals surface area contributed by atoms with Gasteiger partial charge in [-0.05, 0) is 57.4 Å². The third-order valence-electron chi connectivity index (χ3n) is 14.5. The molecule has 79 heavy (non-hydrogen) atoms. The Kier molecular flexibility index (Phi) is 16.2. The predicted octanol–water partition coefficient (Wildman–Crippen LogP) is 12.3. The van der Waals surface area contributed by atoms with Crippen molar-refractivity contribution in [3.63, 3.8) is 0 Å². The van der Waals surface area contributed by atoms with Gasteiger partial charge in [-0.2, -0.15) is 0 Å². The number of amides is 2. The molecule has 1 saturated heterocycles. The van der Waals surface area contributed by atoms with Gasteiger partial charge in [-0.1, -0.05) is 240 Å². The van der Waals surface area contributed by atoms with Crippen LogP contribution in [0.1, 0.15) is 82.5 Å². The second-order valence-corrected chi connectivity index (χ2v) is 22.1. The van der Waals surface area contributed by atoms with Crippen LogP contribution in [0.3, 0.4) is 0 Å². The number of alkyl halides is 1. The molecule has 2 aliphatic heterocycles. The zero-order valence-corrected chi connectivity index (χ0v) is 46.5. The molecule has 3 aliphatic rings. The van der Waals surface area contributed by atoms with E-state index in [4.69, 9.17) is 19.3 Å². The molecule has 1 aliphatic carbocycles. The fourth-order valence-corrected chi connectivity index (χ4v) is 13.6. The summed E-state index contributed by atoms with van der Waals surface area (Å²) in [7, 11) is 0. The molecule has 0 spiro atoms. The summed E-state index contributed by atoms with van der Waals surface area (Å²) >= 11 is 4.92. The highest BCUT2D eigenvalue weighted by atomic mass is 127. The Bertz CT molecular complexity index is 3300. The summed E-state index contributed by atoms with van der Waals surface area (Å²) in [4.78, 5) is 72.0. The number of thiazole rings is 1. The number of carbonyl (C=O) groups is 4. The summed E-state index contributed by atoms with van der Waals surface area (Å²) in [6, 6.07) is 67.2. The maximum absolute atomic E-state index is 15.2. The summed E-state index contributed by atoms with van der Waals surface area (Å²) < 4.78 is 13.2. The molecule has 8 aromatic rings. The first kappa shape index (κ1) is 53.2. The quantitative estimate of drug-likeness (QED) is 0.0152. The molecule has 3 heterocycles. The maximum Gasteiger partial charge on any atom is 0.356 e. The number of β-lactam (4-membered cyclic amide) rings is 1. The summed E-state index contributed by atoms with van der Waals surface area (Å²) in [6.07, 6.45) is 0.383. The number of anilines is 1. The van der Waals surface area contributed by atoms with E-state index in [1.165, 1.54) is 28.0 Å². The third-order valence-corrected chi connectivity index (χ3v) is 17.5. The van der Waals surface area contributed by atoms with Gasteiger partial charge in [0.15, 0.2) is 23.1 Å². The number of thioether (sulfide) groups is 1. The van der Waals surface area contributed by atoms with Crippen LogP contribution in [-0.4, -0.2) is 66.5 Å². The van der Waals surface area contributed by atoms with Crippen molar-refractivity contribution in [2.45, 2.75) is 60.4 Å². The van der Waals surface area contributed by atoms with Crippen LogP contribution in [0.15, 0.2) is 234 Å². The van der Waals surface area contributed by atoms with Crippen LogP contribution in [0, 0.1) is 0 Å². The summed E-state index contributed by atoms with van der Waals surface area (Å²) in [6.45, 7) is 0. The molecular formula is C64H54IN5O7S2. The molecule has 7 aromatic carbocycles.